The van der Waals surface area contributed by atoms with Gasteiger partial charge in [-0.2, -0.15) is 0 Å². The van der Waals surface area contributed by atoms with Crippen LogP contribution in [0.3, 0.4) is 0 Å². The van der Waals surface area contributed by atoms with E-state index in [1.54, 1.807) is 0 Å². The molecule has 0 fully saturated rings. The molecular weight excluding hydrogens is 297 g/mol. The van der Waals surface area contributed by atoms with Crippen molar-refractivity contribution in [3.63, 3.8) is 0 Å². The van der Waals surface area contributed by atoms with Crippen LogP contribution in [0.25, 0.3) is 0 Å². The van der Waals surface area contributed by atoms with E-state index in [9.17, 15) is 4.79 Å². The smallest absolute Gasteiger partial charge is 0.308 e. The molecule has 22 heavy (non-hydrogen) atoms. The Hall–Kier alpha value is -0.180. The fourth-order valence-corrected chi connectivity index (χ4v) is 2.45. The van der Waals surface area contributed by atoms with Crippen LogP contribution in [0.1, 0.15) is 65.2 Å². The lowest BCUT2D eigenvalue weighted by Crippen LogP contribution is -2.43. The van der Waals surface area contributed by atoms with Gasteiger partial charge in [-0.05, 0) is 19.8 Å². The highest BCUT2D eigenvalue weighted by atomic mass is 31.0. The van der Waals surface area contributed by atoms with Crippen molar-refractivity contribution in [2.24, 2.45) is 0 Å². The highest BCUT2D eigenvalue weighted by Gasteiger charge is 2.16. The number of nitrogens with zero attached hydrogens (tertiary/aromatic N) is 1. The van der Waals surface area contributed by atoms with E-state index in [0.29, 0.717) is 13.0 Å². The maximum Gasteiger partial charge on any atom is 0.308 e. The van der Waals surface area contributed by atoms with Gasteiger partial charge in [0.2, 0.25) is 0 Å². The summed E-state index contributed by atoms with van der Waals surface area (Å²) < 4.78 is 11.2. The van der Waals surface area contributed by atoms with Crippen molar-refractivity contribution >= 4 is 15.4 Å². The van der Waals surface area contributed by atoms with E-state index >= 15 is 0 Å². The number of ether oxygens (including phenoxy) is 1. The molecule has 0 aromatic heterocycles. The molecule has 0 heterocycles. The molecule has 2 atom stereocenters. The molecule has 0 radical (unpaired) electrons. The van der Waals surface area contributed by atoms with Gasteiger partial charge in [0.1, 0.15) is 13.2 Å². The second-order valence-electron chi connectivity index (χ2n) is 6.88. The Balaban J connectivity index is 3.62. The highest BCUT2D eigenvalue weighted by molar-refractivity contribution is 7.09. The summed E-state index contributed by atoms with van der Waals surface area (Å²) in [4.78, 5) is 11.6. The van der Waals surface area contributed by atoms with Gasteiger partial charge in [0.15, 0.2) is 0 Å². The number of quaternary nitrogens is 1. The van der Waals surface area contributed by atoms with E-state index in [1.807, 2.05) is 6.92 Å². The first-order valence-electron chi connectivity index (χ1n) is 8.74. The number of hydrogen-bond donors (Lipinski definition) is 0. The summed E-state index contributed by atoms with van der Waals surface area (Å²) >= 11 is 0. The van der Waals surface area contributed by atoms with E-state index in [4.69, 9.17) is 9.26 Å². The quantitative estimate of drug-likeness (QED) is 0.209. The van der Waals surface area contributed by atoms with Crippen LogP contribution in [0.5, 0.6) is 0 Å². The summed E-state index contributed by atoms with van der Waals surface area (Å²) in [6.07, 6.45) is 9.55. The number of unbranched alkanes of at least 4 members (excludes halogenated alkanes) is 6. The van der Waals surface area contributed by atoms with Crippen molar-refractivity contribution in [3.05, 3.63) is 0 Å². The average molecular weight is 334 g/mol. The van der Waals surface area contributed by atoms with Gasteiger partial charge in [0.05, 0.1) is 33.2 Å². The number of hydrogen-bond acceptors (Lipinski definition) is 3. The Labute approximate surface area is 139 Å². The summed E-state index contributed by atoms with van der Waals surface area (Å²) in [6, 6.07) is 0. The second-order valence-corrected chi connectivity index (χ2v) is 7.15. The third kappa shape index (κ3) is 13.5. The molecule has 0 saturated heterocycles. The molecule has 0 spiro atoms. The van der Waals surface area contributed by atoms with Crippen molar-refractivity contribution in [1.29, 1.82) is 0 Å². The number of carbonyl (C=O) groups excluding carboxylic acids is 1. The Morgan fingerprint density at radius 3 is 2.23 bits per heavy atom. The molecule has 0 amide bonds. The Morgan fingerprint density at radius 2 is 1.64 bits per heavy atom. The first-order chi connectivity index (χ1) is 10.4. The predicted octanol–water partition coefficient (Wildman–Crippen LogP) is 3.94. The van der Waals surface area contributed by atoms with E-state index in [2.05, 4.69) is 30.5 Å². The van der Waals surface area contributed by atoms with Crippen LogP contribution in [-0.4, -0.2) is 50.3 Å². The minimum atomic E-state index is -0.175. The molecule has 0 saturated carbocycles. The van der Waals surface area contributed by atoms with Gasteiger partial charge in [-0.3, -0.25) is 4.79 Å². The van der Waals surface area contributed by atoms with Gasteiger partial charge >= 0.3 is 5.97 Å². The van der Waals surface area contributed by atoms with E-state index in [0.717, 1.165) is 17.6 Å². The molecular formula is C17H37NO3P+. The van der Waals surface area contributed by atoms with Crippen LogP contribution in [0.4, 0.5) is 0 Å². The van der Waals surface area contributed by atoms with Crippen LogP contribution in [-0.2, 0) is 14.1 Å². The lowest BCUT2D eigenvalue weighted by Gasteiger charge is -2.29. The molecule has 0 N–H and O–H groups in total. The summed E-state index contributed by atoms with van der Waals surface area (Å²) in [7, 11) is 6.59. The highest BCUT2D eigenvalue weighted by Crippen LogP contribution is 2.09. The minimum absolute atomic E-state index is 0.104. The first kappa shape index (κ1) is 21.8. The zero-order chi connectivity index (χ0) is 16.8. The normalized spacial score (nSPS) is 13.1. The van der Waals surface area contributed by atoms with Crippen molar-refractivity contribution in [2.75, 3.05) is 33.8 Å². The number of rotatable bonds is 14. The third-order valence-corrected chi connectivity index (χ3v) is 4.48. The maximum absolute atomic E-state index is 11.6. The zero-order valence-corrected chi connectivity index (χ0v) is 16.3. The summed E-state index contributed by atoms with van der Waals surface area (Å²) in [5.41, 5.74) is 0. The molecule has 0 rings (SSSR count). The molecule has 2 unspecified atom stereocenters. The van der Waals surface area contributed by atoms with Gasteiger partial charge < -0.3 is 13.7 Å². The van der Waals surface area contributed by atoms with Crippen LogP contribution in [0.15, 0.2) is 0 Å². The fraction of sp³-hybridized carbons (Fsp3) is 0.941. The van der Waals surface area contributed by atoms with E-state index < -0.39 is 0 Å². The fourth-order valence-electron chi connectivity index (χ4n) is 2.36. The second kappa shape index (κ2) is 13.3. The van der Waals surface area contributed by atoms with Gasteiger partial charge in [-0.25, -0.2) is 0 Å². The van der Waals surface area contributed by atoms with Gasteiger partial charge in [-0.15, -0.1) is 0 Å². The Bertz CT molecular complexity index is 285. The van der Waals surface area contributed by atoms with Gasteiger partial charge in [0, 0.05) is 9.47 Å². The average Bonchev–Trinajstić information content (AvgIpc) is 2.45. The van der Waals surface area contributed by atoms with Gasteiger partial charge in [-0.1, -0.05) is 39.0 Å². The maximum atomic E-state index is 11.6. The molecule has 0 aliphatic carbocycles. The predicted molar refractivity (Wildman–Crippen MR) is 95.7 cm³/mol. The largest absolute Gasteiger partial charge is 0.460 e. The SMILES string of the molecule is CCCCCCCCC[N+](C)(C)CCOC(=O)CC(C)OP. The standard InChI is InChI=1S/C17H37NO3P/c1-5-6-7-8-9-10-11-12-18(3,4)13-14-20-17(19)15-16(2)21-22/h16H,5-15,22H2,1-4H3/q+1. The van der Waals surface area contributed by atoms with Crippen LogP contribution < -0.4 is 0 Å². The molecule has 0 bridgehead atoms. The summed E-state index contributed by atoms with van der Waals surface area (Å²) in [6.45, 7) is 6.62. The molecule has 5 heteroatoms. The number of esters is 1. The van der Waals surface area contributed by atoms with Crippen LogP contribution in [0, 0.1) is 0 Å². The summed E-state index contributed by atoms with van der Waals surface area (Å²) in [5.74, 6) is -0.175. The number of likely N-dealkylation sites (N-methyl/N-ethyl adjacent to an activating group) is 1. The van der Waals surface area contributed by atoms with Crippen molar-refractivity contribution in [3.8, 4) is 0 Å². The zero-order valence-electron chi connectivity index (χ0n) is 15.1. The monoisotopic (exact) mass is 334 g/mol. The lowest BCUT2D eigenvalue weighted by molar-refractivity contribution is -0.890. The van der Waals surface area contributed by atoms with Crippen molar-refractivity contribution in [1.82, 2.24) is 0 Å². The van der Waals surface area contributed by atoms with Gasteiger partial charge in [0.25, 0.3) is 0 Å². The Kier molecular flexibility index (Phi) is 13.2. The first-order valence-corrected chi connectivity index (χ1v) is 9.21. The molecule has 0 aromatic rings. The molecule has 132 valence electrons. The van der Waals surface area contributed by atoms with Crippen molar-refractivity contribution < 1.29 is 18.5 Å². The molecule has 4 nitrogen and oxygen atoms in total. The Morgan fingerprint density at radius 1 is 1.05 bits per heavy atom. The molecule has 0 aliphatic heterocycles. The topological polar surface area (TPSA) is 35.5 Å². The number of carbonyl (C=O) groups is 1. The molecule has 0 aromatic carbocycles. The van der Waals surface area contributed by atoms with E-state index in [-0.39, 0.29) is 12.1 Å². The van der Waals surface area contributed by atoms with Crippen molar-refractivity contribution in [2.45, 2.75) is 71.3 Å². The summed E-state index contributed by atoms with van der Waals surface area (Å²) in [5, 5.41) is 0. The van der Waals surface area contributed by atoms with Crippen LogP contribution in [0.2, 0.25) is 0 Å². The minimum Gasteiger partial charge on any atom is -0.460 e. The third-order valence-electron chi connectivity index (χ3n) is 4.01. The van der Waals surface area contributed by atoms with E-state index in [1.165, 1.54) is 44.9 Å². The molecule has 0 aliphatic rings. The lowest BCUT2D eigenvalue weighted by atomic mass is 10.1. The van der Waals surface area contributed by atoms with Crippen LogP contribution >= 0.6 is 9.47 Å².